The number of aromatic nitrogens is 4. The van der Waals surface area contributed by atoms with Crippen molar-refractivity contribution in [3.8, 4) is 0 Å². The van der Waals surface area contributed by atoms with Gasteiger partial charge >= 0.3 is 5.97 Å². The van der Waals surface area contributed by atoms with Crippen molar-refractivity contribution in [2.45, 2.75) is 19.3 Å². The molecular formula is C12H11ClN4O3. The summed E-state index contributed by atoms with van der Waals surface area (Å²) in [5.41, 5.74) is 1.11. The number of esters is 1. The van der Waals surface area contributed by atoms with E-state index in [2.05, 4.69) is 15.0 Å². The molecule has 1 aliphatic rings. The third kappa shape index (κ3) is 2.37. The molecule has 2 aromatic rings. The van der Waals surface area contributed by atoms with Crippen LogP contribution in [0.1, 0.15) is 13.2 Å². The molecule has 0 amide bonds. The largest absolute Gasteiger partial charge is 0.456 e. The number of imidazole rings is 1. The number of rotatable bonds is 2. The molecule has 7 nitrogen and oxygen atoms in total. The average Bonchev–Trinajstić information content (AvgIpc) is 2.84. The van der Waals surface area contributed by atoms with Gasteiger partial charge in [0.2, 0.25) is 0 Å². The van der Waals surface area contributed by atoms with Gasteiger partial charge in [0.1, 0.15) is 17.9 Å². The Morgan fingerprint density at radius 1 is 1.45 bits per heavy atom. The second-order valence-electron chi connectivity index (χ2n) is 4.25. The van der Waals surface area contributed by atoms with Gasteiger partial charge in [0.05, 0.1) is 12.9 Å². The van der Waals surface area contributed by atoms with E-state index in [4.69, 9.17) is 21.1 Å². The lowest BCUT2D eigenvalue weighted by molar-refractivity contribution is -0.149. The molecule has 2 unspecified atom stereocenters. The van der Waals surface area contributed by atoms with Gasteiger partial charge in [-0.2, -0.15) is 0 Å². The first kappa shape index (κ1) is 13.0. The summed E-state index contributed by atoms with van der Waals surface area (Å²) in [5, 5.41) is 0.298. The molecule has 20 heavy (non-hydrogen) atoms. The van der Waals surface area contributed by atoms with Gasteiger partial charge in [-0.25, -0.2) is 15.0 Å². The Labute approximate surface area is 119 Å². The van der Waals surface area contributed by atoms with Gasteiger partial charge in [0.15, 0.2) is 17.0 Å². The fourth-order valence-electron chi connectivity index (χ4n) is 1.99. The molecule has 0 saturated heterocycles. The van der Waals surface area contributed by atoms with Gasteiger partial charge in [-0.15, -0.1) is 0 Å². The minimum Gasteiger partial charge on any atom is -0.456 e. The average molecular weight is 295 g/mol. The Kier molecular flexibility index (Phi) is 3.37. The van der Waals surface area contributed by atoms with Crippen LogP contribution in [0.5, 0.6) is 0 Å². The number of hydrogen-bond donors (Lipinski definition) is 0. The number of ether oxygens (including phenoxy) is 2. The molecule has 8 heteroatoms. The molecule has 0 aromatic carbocycles. The van der Waals surface area contributed by atoms with Crippen molar-refractivity contribution >= 4 is 28.7 Å². The van der Waals surface area contributed by atoms with Crippen LogP contribution in [0.2, 0.25) is 5.15 Å². The molecule has 3 rings (SSSR count). The van der Waals surface area contributed by atoms with Crippen LogP contribution in [-0.2, 0) is 14.3 Å². The smallest absolute Gasteiger partial charge is 0.303 e. The summed E-state index contributed by atoms with van der Waals surface area (Å²) < 4.78 is 12.4. The summed E-state index contributed by atoms with van der Waals surface area (Å²) in [6, 6.07) is 0. The molecule has 0 N–H and O–H groups in total. The Morgan fingerprint density at radius 2 is 2.30 bits per heavy atom. The predicted octanol–water partition coefficient (Wildman–Crippen LogP) is 1.50. The quantitative estimate of drug-likeness (QED) is 0.474. The third-order valence-electron chi connectivity index (χ3n) is 2.83. The van der Waals surface area contributed by atoms with E-state index >= 15 is 0 Å². The molecule has 0 spiro atoms. The van der Waals surface area contributed by atoms with Gasteiger partial charge in [0, 0.05) is 6.92 Å². The van der Waals surface area contributed by atoms with Gasteiger partial charge in [-0.1, -0.05) is 11.6 Å². The zero-order valence-corrected chi connectivity index (χ0v) is 11.3. The van der Waals surface area contributed by atoms with Crippen LogP contribution in [0.25, 0.3) is 11.2 Å². The molecule has 0 fully saturated rings. The van der Waals surface area contributed by atoms with Crippen LogP contribution in [0.3, 0.4) is 0 Å². The molecule has 2 aromatic heterocycles. The van der Waals surface area contributed by atoms with Gasteiger partial charge in [0.25, 0.3) is 0 Å². The molecule has 0 aliphatic carbocycles. The van der Waals surface area contributed by atoms with Crippen molar-refractivity contribution in [3.63, 3.8) is 0 Å². The van der Waals surface area contributed by atoms with Crippen LogP contribution in [0, 0.1) is 0 Å². The highest BCUT2D eigenvalue weighted by Crippen LogP contribution is 2.24. The van der Waals surface area contributed by atoms with Gasteiger partial charge in [-0.3, -0.25) is 9.36 Å². The van der Waals surface area contributed by atoms with E-state index in [0.29, 0.717) is 16.3 Å². The SMILES string of the molecule is CC(=O)OC1C=CC(n2cnc3c(Cl)ncnc32)OC1. The van der Waals surface area contributed by atoms with E-state index in [1.807, 2.05) is 0 Å². The van der Waals surface area contributed by atoms with Gasteiger partial charge < -0.3 is 9.47 Å². The second-order valence-corrected chi connectivity index (χ2v) is 4.60. The Bertz CT molecular complexity index is 684. The van der Waals surface area contributed by atoms with Crippen LogP contribution in [0.15, 0.2) is 24.8 Å². The first-order valence-electron chi connectivity index (χ1n) is 5.95. The highest BCUT2D eigenvalue weighted by Gasteiger charge is 2.21. The van der Waals surface area contributed by atoms with Crippen LogP contribution in [-0.4, -0.2) is 38.2 Å². The van der Waals surface area contributed by atoms with Gasteiger partial charge in [-0.05, 0) is 12.2 Å². The molecule has 2 atom stereocenters. The normalized spacial score (nSPS) is 22.1. The van der Waals surface area contributed by atoms with Crippen molar-refractivity contribution in [1.29, 1.82) is 0 Å². The molecule has 1 aliphatic heterocycles. The Morgan fingerprint density at radius 3 is 3.00 bits per heavy atom. The lowest BCUT2D eigenvalue weighted by atomic mass is 10.2. The molecule has 104 valence electrons. The predicted molar refractivity (Wildman–Crippen MR) is 70.0 cm³/mol. The first-order chi connectivity index (χ1) is 9.65. The molecule has 3 heterocycles. The van der Waals surface area contributed by atoms with E-state index < -0.39 is 0 Å². The molecule has 0 saturated carbocycles. The molecular weight excluding hydrogens is 284 g/mol. The minimum absolute atomic E-state index is 0.277. The highest BCUT2D eigenvalue weighted by atomic mass is 35.5. The van der Waals surface area contributed by atoms with Crippen molar-refractivity contribution < 1.29 is 14.3 Å². The second kappa shape index (κ2) is 5.18. The summed E-state index contributed by atoms with van der Waals surface area (Å²) in [7, 11) is 0. The van der Waals surface area contributed by atoms with E-state index in [-0.39, 0.29) is 24.9 Å². The van der Waals surface area contributed by atoms with Crippen molar-refractivity contribution in [2.24, 2.45) is 0 Å². The third-order valence-corrected chi connectivity index (χ3v) is 3.10. The number of fused-ring (bicyclic) bond motifs is 1. The number of carbonyl (C=O) groups is 1. The maximum atomic E-state index is 10.9. The van der Waals surface area contributed by atoms with E-state index in [1.165, 1.54) is 13.3 Å². The fraction of sp³-hybridized carbons (Fsp3) is 0.333. The Hall–Kier alpha value is -1.99. The fourth-order valence-corrected chi connectivity index (χ4v) is 2.17. The van der Waals surface area contributed by atoms with Crippen molar-refractivity contribution in [2.75, 3.05) is 6.61 Å². The standard InChI is InChI=1S/C12H11ClN4O3/c1-7(18)20-8-2-3-9(19-4-8)17-6-16-10-11(13)14-5-15-12(10)17/h2-3,5-6,8-9H,4H2,1H3. The monoisotopic (exact) mass is 294 g/mol. The summed E-state index contributed by atoms with van der Waals surface area (Å²) in [5.74, 6) is -0.339. The number of nitrogens with zero attached hydrogens (tertiary/aromatic N) is 4. The summed E-state index contributed by atoms with van der Waals surface area (Å²) in [6.45, 7) is 1.64. The summed E-state index contributed by atoms with van der Waals surface area (Å²) in [6.07, 6.45) is 5.80. The van der Waals surface area contributed by atoms with E-state index in [1.54, 1.807) is 23.0 Å². The van der Waals surface area contributed by atoms with E-state index in [9.17, 15) is 4.79 Å². The number of hydrogen-bond acceptors (Lipinski definition) is 6. The molecule has 0 bridgehead atoms. The summed E-state index contributed by atoms with van der Waals surface area (Å²) >= 11 is 5.95. The zero-order chi connectivity index (χ0) is 14.1. The lowest BCUT2D eigenvalue weighted by Gasteiger charge is -2.24. The number of carbonyl (C=O) groups excluding carboxylic acids is 1. The zero-order valence-electron chi connectivity index (χ0n) is 10.6. The maximum Gasteiger partial charge on any atom is 0.303 e. The van der Waals surface area contributed by atoms with Crippen LogP contribution in [0.4, 0.5) is 0 Å². The van der Waals surface area contributed by atoms with Crippen LogP contribution < -0.4 is 0 Å². The maximum absolute atomic E-state index is 10.9. The minimum atomic E-state index is -0.364. The summed E-state index contributed by atoms with van der Waals surface area (Å²) in [4.78, 5) is 23.1. The topological polar surface area (TPSA) is 79.1 Å². The van der Waals surface area contributed by atoms with Crippen molar-refractivity contribution in [1.82, 2.24) is 19.5 Å². The lowest BCUT2D eigenvalue weighted by Crippen LogP contribution is -2.27. The molecule has 0 radical (unpaired) electrons. The van der Waals surface area contributed by atoms with Crippen molar-refractivity contribution in [3.05, 3.63) is 30.0 Å². The number of halogens is 1. The Balaban J connectivity index is 1.86. The highest BCUT2D eigenvalue weighted by molar-refractivity contribution is 6.33. The van der Waals surface area contributed by atoms with E-state index in [0.717, 1.165) is 0 Å². The van der Waals surface area contributed by atoms with Crippen LogP contribution >= 0.6 is 11.6 Å². The first-order valence-corrected chi connectivity index (χ1v) is 6.33.